The van der Waals surface area contributed by atoms with E-state index in [-0.39, 0.29) is 11.3 Å². The smallest absolute Gasteiger partial charge is 0.234 e. The van der Waals surface area contributed by atoms with Gasteiger partial charge in [-0.15, -0.1) is 11.8 Å². The van der Waals surface area contributed by atoms with E-state index in [1.807, 2.05) is 37.2 Å². The van der Waals surface area contributed by atoms with Crippen LogP contribution in [0.15, 0.2) is 48.7 Å². The van der Waals surface area contributed by atoms with Crippen LogP contribution in [0, 0.1) is 0 Å². The van der Waals surface area contributed by atoms with Crippen molar-refractivity contribution in [3.05, 3.63) is 59.9 Å². The molecule has 4 nitrogen and oxygen atoms in total. The predicted molar refractivity (Wildman–Crippen MR) is 90.8 cm³/mol. The van der Waals surface area contributed by atoms with Crippen molar-refractivity contribution in [2.45, 2.75) is 11.9 Å². The van der Waals surface area contributed by atoms with E-state index in [4.69, 9.17) is 0 Å². The maximum atomic E-state index is 12.2. The molecule has 0 aliphatic carbocycles. The highest BCUT2D eigenvalue weighted by Crippen LogP contribution is 2.39. The third-order valence-corrected chi connectivity index (χ3v) is 4.98. The Morgan fingerprint density at radius 2 is 2.00 bits per heavy atom. The molecule has 0 saturated carbocycles. The highest BCUT2D eigenvalue weighted by Gasteiger charge is 2.32. The van der Waals surface area contributed by atoms with Crippen molar-refractivity contribution in [3.8, 4) is 0 Å². The molecular formula is C17H19N3OS. The summed E-state index contributed by atoms with van der Waals surface area (Å²) in [7, 11) is 4.05. The topological polar surface area (TPSA) is 36.4 Å². The van der Waals surface area contributed by atoms with Gasteiger partial charge < -0.3 is 9.80 Å². The van der Waals surface area contributed by atoms with Crippen LogP contribution in [-0.2, 0) is 11.3 Å². The normalized spacial score (nSPS) is 17.8. The molecule has 3 rings (SSSR count). The molecule has 2 aromatic rings. The molecule has 1 unspecified atom stereocenters. The number of thioether (sulfide) groups is 1. The Hall–Kier alpha value is -2.01. The molecule has 1 fully saturated rings. The first-order valence-corrected chi connectivity index (χ1v) is 8.28. The van der Waals surface area contributed by atoms with Crippen LogP contribution in [0.3, 0.4) is 0 Å². The van der Waals surface area contributed by atoms with Gasteiger partial charge >= 0.3 is 0 Å². The van der Waals surface area contributed by atoms with Gasteiger partial charge in [0.15, 0.2) is 0 Å². The summed E-state index contributed by atoms with van der Waals surface area (Å²) < 4.78 is 0. The van der Waals surface area contributed by atoms with Gasteiger partial charge in [-0.25, -0.2) is 0 Å². The van der Waals surface area contributed by atoms with Gasteiger partial charge in [0.25, 0.3) is 0 Å². The van der Waals surface area contributed by atoms with E-state index in [1.165, 1.54) is 0 Å². The zero-order chi connectivity index (χ0) is 15.5. The Balaban J connectivity index is 1.81. The van der Waals surface area contributed by atoms with Gasteiger partial charge in [0.2, 0.25) is 5.91 Å². The second-order valence-electron chi connectivity index (χ2n) is 5.49. The predicted octanol–water partition coefficient (Wildman–Crippen LogP) is 2.92. The van der Waals surface area contributed by atoms with Crippen molar-refractivity contribution in [2.75, 3.05) is 24.7 Å². The molecule has 1 saturated heterocycles. The van der Waals surface area contributed by atoms with Gasteiger partial charge in [0, 0.05) is 26.0 Å². The first-order valence-electron chi connectivity index (χ1n) is 7.23. The number of hydrogen-bond donors (Lipinski definition) is 0. The van der Waals surface area contributed by atoms with Crippen LogP contribution in [0.1, 0.15) is 16.6 Å². The number of amides is 1. The Labute approximate surface area is 135 Å². The number of carbonyl (C=O) groups is 1. The molecule has 0 spiro atoms. The number of hydrogen-bond acceptors (Lipinski definition) is 4. The summed E-state index contributed by atoms with van der Waals surface area (Å²) >= 11 is 1.68. The average molecular weight is 313 g/mol. The van der Waals surface area contributed by atoms with Crippen LogP contribution in [-0.4, -0.2) is 35.6 Å². The van der Waals surface area contributed by atoms with E-state index in [0.29, 0.717) is 12.3 Å². The van der Waals surface area contributed by atoms with Crippen molar-refractivity contribution in [1.29, 1.82) is 0 Å². The average Bonchev–Trinajstić information content (AvgIpc) is 2.89. The summed E-state index contributed by atoms with van der Waals surface area (Å²) in [4.78, 5) is 20.5. The third kappa shape index (κ3) is 3.09. The highest BCUT2D eigenvalue weighted by atomic mass is 32.2. The highest BCUT2D eigenvalue weighted by molar-refractivity contribution is 8.00. The molecule has 1 aromatic carbocycles. The summed E-state index contributed by atoms with van der Waals surface area (Å²) in [6.07, 6.45) is 1.77. The van der Waals surface area contributed by atoms with Gasteiger partial charge in [0.05, 0.1) is 18.0 Å². The van der Waals surface area contributed by atoms with E-state index in [9.17, 15) is 4.79 Å². The number of aromatic nitrogens is 1. The fourth-order valence-corrected chi connectivity index (χ4v) is 3.69. The van der Waals surface area contributed by atoms with Crippen LogP contribution in [0.2, 0.25) is 0 Å². The van der Waals surface area contributed by atoms with Crippen LogP contribution >= 0.6 is 11.8 Å². The van der Waals surface area contributed by atoms with Crippen LogP contribution in [0.25, 0.3) is 0 Å². The Kier molecular flexibility index (Phi) is 4.34. The maximum absolute atomic E-state index is 12.2. The fourth-order valence-electron chi connectivity index (χ4n) is 2.50. The molecule has 0 N–H and O–H groups in total. The molecule has 1 aliphatic heterocycles. The van der Waals surface area contributed by atoms with Gasteiger partial charge in [-0.2, -0.15) is 0 Å². The molecular weight excluding hydrogens is 294 g/mol. The lowest BCUT2D eigenvalue weighted by Crippen LogP contribution is -2.28. The lowest BCUT2D eigenvalue weighted by molar-refractivity contribution is -0.128. The number of carbonyl (C=O) groups excluding carboxylic acids is 1. The standard InChI is InChI=1S/C17H19N3OS/c1-19(2)15-8-6-13(7-9-15)17-20(16(21)12-22-17)11-14-5-3-4-10-18-14/h3-10,17H,11-12H2,1-2H3. The first-order chi connectivity index (χ1) is 10.6. The van der Waals surface area contributed by atoms with Crippen LogP contribution in [0.5, 0.6) is 0 Å². The molecule has 1 aliphatic rings. The van der Waals surface area contributed by atoms with Gasteiger partial charge in [-0.3, -0.25) is 9.78 Å². The van der Waals surface area contributed by atoms with Gasteiger partial charge in [0.1, 0.15) is 5.37 Å². The second-order valence-corrected chi connectivity index (χ2v) is 6.56. The van der Waals surface area contributed by atoms with Crippen molar-refractivity contribution >= 4 is 23.4 Å². The Morgan fingerprint density at radius 1 is 1.23 bits per heavy atom. The van der Waals surface area contributed by atoms with E-state index >= 15 is 0 Å². The lowest BCUT2D eigenvalue weighted by Gasteiger charge is -2.24. The van der Waals surface area contributed by atoms with Crippen molar-refractivity contribution < 1.29 is 4.79 Å². The molecule has 1 amide bonds. The van der Waals surface area contributed by atoms with Crippen molar-refractivity contribution in [3.63, 3.8) is 0 Å². The zero-order valence-corrected chi connectivity index (χ0v) is 13.6. The minimum atomic E-state index is 0.0747. The molecule has 1 atom stereocenters. The first kappa shape index (κ1) is 14.9. The van der Waals surface area contributed by atoms with Crippen molar-refractivity contribution in [2.24, 2.45) is 0 Å². The summed E-state index contributed by atoms with van der Waals surface area (Å²) in [5.41, 5.74) is 3.25. The van der Waals surface area contributed by atoms with Crippen LogP contribution in [0.4, 0.5) is 5.69 Å². The lowest BCUT2D eigenvalue weighted by atomic mass is 10.1. The van der Waals surface area contributed by atoms with E-state index in [2.05, 4.69) is 34.1 Å². The van der Waals surface area contributed by atoms with Crippen LogP contribution < -0.4 is 4.90 Å². The van der Waals surface area contributed by atoms with Gasteiger partial charge in [-0.1, -0.05) is 18.2 Å². The van der Waals surface area contributed by atoms with E-state index < -0.39 is 0 Å². The summed E-state index contributed by atoms with van der Waals surface area (Å²) in [6, 6.07) is 14.2. The molecule has 114 valence electrons. The maximum Gasteiger partial charge on any atom is 0.234 e. The molecule has 5 heteroatoms. The minimum absolute atomic E-state index is 0.0747. The van der Waals surface area contributed by atoms with E-state index in [0.717, 1.165) is 16.9 Å². The fraction of sp³-hybridized carbons (Fsp3) is 0.294. The third-order valence-electron chi connectivity index (χ3n) is 3.72. The molecule has 0 radical (unpaired) electrons. The number of anilines is 1. The molecule has 0 bridgehead atoms. The molecule has 2 heterocycles. The molecule has 22 heavy (non-hydrogen) atoms. The number of benzene rings is 1. The van der Waals surface area contributed by atoms with E-state index in [1.54, 1.807) is 18.0 Å². The number of nitrogens with zero attached hydrogens (tertiary/aromatic N) is 3. The Bertz CT molecular complexity index is 643. The molecule has 1 aromatic heterocycles. The second kappa shape index (κ2) is 6.40. The van der Waals surface area contributed by atoms with Gasteiger partial charge in [-0.05, 0) is 29.8 Å². The summed E-state index contributed by atoms with van der Waals surface area (Å²) in [5, 5.41) is 0.0747. The zero-order valence-electron chi connectivity index (χ0n) is 12.8. The largest absolute Gasteiger partial charge is 0.378 e. The summed E-state index contributed by atoms with van der Waals surface area (Å²) in [6.45, 7) is 0.562. The SMILES string of the molecule is CN(C)c1ccc(C2SCC(=O)N2Cc2ccccn2)cc1. The number of pyridine rings is 1. The quantitative estimate of drug-likeness (QED) is 0.869. The number of rotatable bonds is 4. The monoisotopic (exact) mass is 313 g/mol. The van der Waals surface area contributed by atoms with Crippen molar-refractivity contribution in [1.82, 2.24) is 9.88 Å². The summed E-state index contributed by atoms with van der Waals surface area (Å²) in [5.74, 6) is 0.713. The minimum Gasteiger partial charge on any atom is -0.378 e. The Morgan fingerprint density at radius 3 is 2.64 bits per heavy atom.